The van der Waals surface area contributed by atoms with E-state index in [1.165, 1.54) is 0 Å². The smallest absolute Gasteiger partial charge is 0.393 e. The molecule has 4 saturated carbocycles. The van der Waals surface area contributed by atoms with Crippen molar-refractivity contribution in [1.29, 1.82) is 0 Å². The quantitative estimate of drug-likeness (QED) is 0.537. The Morgan fingerprint density at radius 3 is 2.32 bits per heavy atom. The van der Waals surface area contributed by atoms with Crippen molar-refractivity contribution in [2.45, 2.75) is 91.3 Å². The maximum absolute atomic E-state index is 11.5. The molecule has 31 heavy (non-hydrogen) atoms. The van der Waals surface area contributed by atoms with Gasteiger partial charge in [0, 0.05) is 0 Å². The van der Waals surface area contributed by atoms with Crippen LogP contribution in [0.4, 0.5) is 0 Å². The maximum atomic E-state index is 11.5. The Labute approximate surface area is 188 Å². The van der Waals surface area contributed by atoms with E-state index in [1.54, 1.807) is 0 Å². The average molecular weight is 459 g/mol. The van der Waals surface area contributed by atoms with Gasteiger partial charge < -0.3 is 10.2 Å². The van der Waals surface area contributed by atoms with Gasteiger partial charge >= 0.3 is 10.4 Å². The summed E-state index contributed by atoms with van der Waals surface area (Å²) in [4.78, 5) is 0. The summed E-state index contributed by atoms with van der Waals surface area (Å²) in [7, 11) is -4.38. The second-order valence-corrected chi connectivity index (χ2v) is 13.0. The minimum atomic E-state index is -4.38. The zero-order chi connectivity index (χ0) is 22.8. The largest absolute Gasteiger partial charge is 0.397 e. The normalized spacial score (nSPS) is 50.9. The van der Waals surface area contributed by atoms with Gasteiger partial charge in [-0.05, 0) is 104 Å². The number of aliphatic hydroxyl groups excluding tert-OH is 2. The molecule has 4 aliphatic rings. The number of fused-ring (bicyclic) bond motifs is 5. The van der Waals surface area contributed by atoms with Crippen molar-refractivity contribution in [3.8, 4) is 0 Å². The summed E-state index contributed by atoms with van der Waals surface area (Å²) in [6.07, 6.45) is 7.37. The molecule has 0 saturated heterocycles. The van der Waals surface area contributed by atoms with Crippen molar-refractivity contribution in [1.82, 2.24) is 0 Å². The highest BCUT2D eigenvalue weighted by molar-refractivity contribution is 7.80. The summed E-state index contributed by atoms with van der Waals surface area (Å²) < 4.78 is 35.3. The molecule has 7 heteroatoms. The molecule has 3 N–H and O–H groups in total. The molecule has 180 valence electrons. The molecule has 3 unspecified atom stereocenters. The van der Waals surface area contributed by atoms with Crippen LogP contribution in [-0.2, 0) is 14.6 Å². The van der Waals surface area contributed by atoms with Crippen LogP contribution in [0.2, 0.25) is 0 Å². The lowest BCUT2D eigenvalue weighted by molar-refractivity contribution is -0.199. The van der Waals surface area contributed by atoms with E-state index in [0.717, 1.165) is 44.9 Å². The molecule has 0 aliphatic heterocycles. The van der Waals surface area contributed by atoms with Gasteiger partial charge in [0.2, 0.25) is 0 Å². The van der Waals surface area contributed by atoms with Crippen LogP contribution in [0, 0.1) is 52.3 Å². The first-order chi connectivity index (χ1) is 14.4. The van der Waals surface area contributed by atoms with Crippen LogP contribution in [0.3, 0.4) is 0 Å². The molecule has 6 nitrogen and oxygen atoms in total. The molecule has 4 rings (SSSR count). The third-order valence-electron chi connectivity index (χ3n) is 10.7. The molecule has 0 bridgehead atoms. The third-order valence-corrected chi connectivity index (χ3v) is 11.2. The summed E-state index contributed by atoms with van der Waals surface area (Å²) in [5, 5.41) is 21.9. The minimum Gasteiger partial charge on any atom is -0.393 e. The standard InChI is InChI=1S/C24H42O6S/c1-14(9-12-30-31(27,28)29)17-5-6-18-21-19(8-11-23(17,18)3)24(4)10-7-16(25)13-20(24)15(2)22(21)26/h14-22,25-26H,5-13H2,1-4H3,(H,27,28,29)/t14-,15-,16-,17-,18?,19?,20+,21?,22-,23-,24-/m1/s1. The average Bonchev–Trinajstić information content (AvgIpc) is 3.03. The molecule has 0 aromatic carbocycles. The molecule has 0 heterocycles. The van der Waals surface area contributed by atoms with Crippen LogP contribution < -0.4 is 0 Å². The maximum Gasteiger partial charge on any atom is 0.397 e. The summed E-state index contributed by atoms with van der Waals surface area (Å²) in [5.41, 5.74) is 0.355. The zero-order valence-corrected chi connectivity index (χ0v) is 20.4. The van der Waals surface area contributed by atoms with Crippen molar-refractivity contribution in [3.05, 3.63) is 0 Å². The highest BCUT2D eigenvalue weighted by atomic mass is 32.3. The van der Waals surface area contributed by atoms with E-state index in [2.05, 4.69) is 31.9 Å². The van der Waals surface area contributed by atoms with Crippen LogP contribution in [0.25, 0.3) is 0 Å². The van der Waals surface area contributed by atoms with Crippen LogP contribution >= 0.6 is 0 Å². The van der Waals surface area contributed by atoms with E-state index in [0.29, 0.717) is 41.9 Å². The first-order valence-electron chi connectivity index (χ1n) is 12.4. The predicted molar refractivity (Wildman–Crippen MR) is 118 cm³/mol. The first-order valence-corrected chi connectivity index (χ1v) is 13.7. The molecule has 4 fully saturated rings. The fourth-order valence-electron chi connectivity index (χ4n) is 9.16. The third kappa shape index (κ3) is 4.01. The molecule has 0 amide bonds. The summed E-state index contributed by atoms with van der Waals surface area (Å²) >= 11 is 0. The molecule has 0 spiro atoms. The highest BCUT2D eigenvalue weighted by Crippen LogP contribution is 2.69. The van der Waals surface area contributed by atoms with Gasteiger partial charge in [0.15, 0.2) is 0 Å². The van der Waals surface area contributed by atoms with E-state index in [1.807, 2.05) is 0 Å². The lowest BCUT2D eigenvalue weighted by Gasteiger charge is -2.64. The molecule has 4 aliphatic carbocycles. The fourth-order valence-corrected chi connectivity index (χ4v) is 9.47. The van der Waals surface area contributed by atoms with Crippen LogP contribution in [0.15, 0.2) is 0 Å². The van der Waals surface area contributed by atoms with Gasteiger partial charge in [0.05, 0.1) is 18.8 Å². The van der Waals surface area contributed by atoms with Gasteiger partial charge in [0.1, 0.15) is 0 Å². The Morgan fingerprint density at radius 2 is 1.65 bits per heavy atom. The van der Waals surface area contributed by atoms with E-state index in [4.69, 9.17) is 4.55 Å². The van der Waals surface area contributed by atoms with Crippen LogP contribution in [-0.4, -0.2) is 42.0 Å². The summed E-state index contributed by atoms with van der Waals surface area (Å²) in [6.45, 7) is 9.24. The number of hydrogen-bond donors (Lipinski definition) is 3. The fraction of sp³-hybridized carbons (Fsp3) is 1.00. The molecular formula is C24H42O6S. The van der Waals surface area contributed by atoms with E-state index >= 15 is 0 Å². The van der Waals surface area contributed by atoms with E-state index in [-0.39, 0.29) is 35.6 Å². The number of rotatable bonds is 5. The van der Waals surface area contributed by atoms with Gasteiger partial charge in [0.25, 0.3) is 0 Å². The minimum absolute atomic E-state index is 0.0189. The number of hydrogen-bond acceptors (Lipinski definition) is 5. The Bertz CT molecular complexity index is 770. The van der Waals surface area contributed by atoms with Gasteiger partial charge in [-0.3, -0.25) is 4.55 Å². The molecule has 11 atom stereocenters. The molecule has 0 aromatic rings. The lowest BCUT2D eigenvalue weighted by atomic mass is 9.42. The molecule has 0 radical (unpaired) electrons. The van der Waals surface area contributed by atoms with Crippen molar-refractivity contribution in [2.24, 2.45) is 52.3 Å². The van der Waals surface area contributed by atoms with Crippen molar-refractivity contribution in [3.63, 3.8) is 0 Å². The zero-order valence-electron chi connectivity index (χ0n) is 19.5. The summed E-state index contributed by atoms with van der Waals surface area (Å²) in [5.74, 6) is 2.71. The van der Waals surface area contributed by atoms with E-state index < -0.39 is 10.4 Å². The Morgan fingerprint density at radius 1 is 1.00 bits per heavy atom. The van der Waals surface area contributed by atoms with Crippen molar-refractivity contribution in [2.75, 3.05) is 6.61 Å². The SMILES string of the molecule is C[C@H]1[C@@H](O)C2C3CC[C@H]([C@H](C)CCOS(=O)(=O)O)[C@@]3(C)CCC2[C@@]2(C)CC[C@@H](O)C[C@@H]12. The van der Waals surface area contributed by atoms with Crippen molar-refractivity contribution < 1.29 is 27.4 Å². The predicted octanol–water partition coefficient (Wildman–Crippen LogP) is 4.07. The van der Waals surface area contributed by atoms with Crippen LogP contribution in [0.1, 0.15) is 79.1 Å². The van der Waals surface area contributed by atoms with Gasteiger partial charge in [-0.2, -0.15) is 8.42 Å². The molecule has 0 aromatic heterocycles. The van der Waals surface area contributed by atoms with Gasteiger partial charge in [-0.25, -0.2) is 4.18 Å². The molecular weight excluding hydrogens is 416 g/mol. The van der Waals surface area contributed by atoms with E-state index in [9.17, 15) is 18.6 Å². The van der Waals surface area contributed by atoms with Crippen molar-refractivity contribution >= 4 is 10.4 Å². The van der Waals surface area contributed by atoms with Gasteiger partial charge in [-0.15, -0.1) is 0 Å². The second kappa shape index (κ2) is 8.23. The topological polar surface area (TPSA) is 104 Å². The highest BCUT2D eigenvalue weighted by Gasteiger charge is 2.64. The number of aliphatic hydroxyl groups is 2. The Balaban J connectivity index is 1.54. The van der Waals surface area contributed by atoms with Crippen LogP contribution in [0.5, 0.6) is 0 Å². The van der Waals surface area contributed by atoms with Gasteiger partial charge in [-0.1, -0.05) is 27.7 Å². The second-order valence-electron chi connectivity index (χ2n) is 11.9. The Hall–Kier alpha value is -0.210. The Kier molecular flexibility index (Phi) is 6.35. The first kappa shape index (κ1) is 23.9. The monoisotopic (exact) mass is 458 g/mol. The lowest BCUT2D eigenvalue weighted by Crippen LogP contribution is -2.61. The summed E-state index contributed by atoms with van der Waals surface area (Å²) in [6, 6.07) is 0.